The van der Waals surface area contributed by atoms with Gasteiger partial charge in [0.2, 0.25) is 5.91 Å². The lowest BCUT2D eigenvalue weighted by molar-refractivity contribution is -0.131. The van der Waals surface area contributed by atoms with E-state index in [1.165, 1.54) is 31.3 Å². The van der Waals surface area contributed by atoms with E-state index >= 15 is 0 Å². The Morgan fingerprint density at radius 3 is 2.42 bits per heavy atom. The van der Waals surface area contributed by atoms with Crippen LogP contribution < -0.4 is 26.4 Å². The first-order chi connectivity index (χ1) is 20.3. The Morgan fingerprint density at radius 1 is 1.05 bits per heavy atom. The predicted octanol–water partition coefficient (Wildman–Crippen LogP) is 2.55. The second kappa shape index (κ2) is 12.9. The van der Waals surface area contributed by atoms with Gasteiger partial charge in [-0.25, -0.2) is 9.59 Å². The van der Waals surface area contributed by atoms with E-state index < -0.39 is 47.8 Å². The lowest BCUT2D eigenvalue weighted by atomic mass is 10.2. The summed E-state index contributed by atoms with van der Waals surface area (Å²) < 4.78 is 12.4. The molecule has 1 aliphatic rings. The van der Waals surface area contributed by atoms with Gasteiger partial charge < -0.3 is 19.7 Å². The van der Waals surface area contributed by atoms with E-state index in [2.05, 4.69) is 5.32 Å². The zero-order chi connectivity index (χ0) is 31.5. The third-order valence-electron chi connectivity index (χ3n) is 6.76. The number of halogens is 1. The molecule has 0 saturated carbocycles. The van der Waals surface area contributed by atoms with Crippen LogP contribution in [0.1, 0.15) is 27.2 Å². The second-order valence-corrected chi connectivity index (χ2v) is 11.3. The molecule has 230 valence electrons. The molecule has 1 N–H and O–H groups in total. The van der Waals surface area contributed by atoms with Crippen LogP contribution in [0.15, 0.2) is 52.1 Å². The Labute approximate surface area is 252 Å². The topological polar surface area (TPSA) is 141 Å². The number of fused-ring (bicyclic) bond motifs is 1. The number of nitrogens with one attached hydrogen (secondary N) is 1. The molecule has 2 aromatic carbocycles. The molecule has 13 nitrogen and oxygen atoms in total. The number of hydrogen-bond donors (Lipinski definition) is 1. The van der Waals surface area contributed by atoms with Gasteiger partial charge in [-0.3, -0.25) is 28.4 Å². The summed E-state index contributed by atoms with van der Waals surface area (Å²) in [5.74, 6) is -0.715. The van der Waals surface area contributed by atoms with Crippen molar-refractivity contribution in [1.82, 2.24) is 19.4 Å². The number of aromatic nitrogens is 2. The summed E-state index contributed by atoms with van der Waals surface area (Å²) in [4.78, 5) is 72.6. The van der Waals surface area contributed by atoms with Crippen molar-refractivity contribution >= 4 is 46.1 Å². The lowest BCUT2D eigenvalue weighted by Gasteiger charge is -2.22. The molecule has 14 heteroatoms. The Morgan fingerprint density at radius 2 is 1.77 bits per heavy atom. The summed E-state index contributed by atoms with van der Waals surface area (Å²) in [7, 11) is 2.75. The van der Waals surface area contributed by atoms with Crippen LogP contribution in [0.2, 0.25) is 5.02 Å². The molecule has 0 radical (unpaired) electrons. The lowest BCUT2D eigenvalue weighted by Crippen LogP contribution is -2.47. The summed E-state index contributed by atoms with van der Waals surface area (Å²) in [6.45, 7) is 4.72. The van der Waals surface area contributed by atoms with E-state index in [1.54, 1.807) is 51.1 Å². The molecule has 1 fully saturated rings. The molecule has 4 rings (SSSR count). The minimum Gasteiger partial charge on any atom is -0.495 e. The van der Waals surface area contributed by atoms with Gasteiger partial charge >= 0.3 is 11.8 Å². The number of nitrogens with zero attached hydrogens (tertiary/aromatic N) is 4. The Kier molecular flexibility index (Phi) is 9.46. The van der Waals surface area contributed by atoms with Crippen molar-refractivity contribution in [2.45, 2.75) is 51.9 Å². The number of carbonyl (C=O) groups excluding carboxylic acids is 3. The second-order valence-electron chi connectivity index (χ2n) is 10.9. The maximum Gasteiger partial charge on any atom is 0.407 e. The van der Waals surface area contributed by atoms with Crippen molar-refractivity contribution in [1.29, 1.82) is 0 Å². The number of para-hydroxylation sites is 1. The first kappa shape index (κ1) is 31.6. The number of rotatable bonds is 8. The van der Waals surface area contributed by atoms with E-state index in [4.69, 9.17) is 25.9 Å². The summed E-state index contributed by atoms with van der Waals surface area (Å²) in [5, 5.41) is 4.11. The fourth-order valence-corrected chi connectivity index (χ4v) is 5.06. The molecule has 0 spiro atoms. The Hall–Kier alpha value is -4.36. The van der Waals surface area contributed by atoms with Crippen LogP contribution in [0.4, 0.5) is 10.5 Å². The highest BCUT2D eigenvalue weighted by molar-refractivity contribution is 6.32. The van der Waals surface area contributed by atoms with Gasteiger partial charge in [0.1, 0.15) is 24.4 Å². The molecule has 1 atom stereocenters. The van der Waals surface area contributed by atoms with Crippen LogP contribution in [0, 0.1) is 0 Å². The molecule has 43 heavy (non-hydrogen) atoms. The van der Waals surface area contributed by atoms with Crippen LogP contribution in [-0.2, 0) is 32.3 Å². The normalized spacial score (nSPS) is 14.9. The van der Waals surface area contributed by atoms with E-state index in [0.29, 0.717) is 24.4 Å². The van der Waals surface area contributed by atoms with Gasteiger partial charge in [0, 0.05) is 13.1 Å². The van der Waals surface area contributed by atoms with Gasteiger partial charge in [0.25, 0.3) is 11.5 Å². The van der Waals surface area contributed by atoms with E-state index in [1.807, 2.05) is 0 Å². The zero-order valence-electron chi connectivity index (χ0n) is 24.6. The number of hydrogen-bond acceptors (Lipinski definition) is 8. The van der Waals surface area contributed by atoms with Gasteiger partial charge in [-0.15, -0.1) is 0 Å². The van der Waals surface area contributed by atoms with Crippen molar-refractivity contribution in [3.05, 3.63) is 68.3 Å². The van der Waals surface area contributed by atoms with Gasteiger partial charge in [-0.2, -0.15) is 5.06 Å². The Bertz CT molecular complexity index is 1660. The summed E-state index contributed by atoms with van der Waals surface area (Å²) in [6.07, 6.45) is -0.106. The number of carbonyl (C=O) groups is 3. The van der Waals surface area contributed by atoms with Crippen molar-refractivity contribution in [3.8, 4) is 5.75 Å². The average molecular weight is 616 g/mol. The van der Waals surface area contributed by atoms with Crippen LogP contribution >= 0.6 is 11.6 Å². The molecule has 3 aromatic rings. The monoisotopic (exact) mass is 615 g/mol. The van der Waals surface area contributed by atoms with Crippen molar-refractivity contribution < 1.29 is 28.7 Å². The quantitative estimate of drug-likeness (QED) is 0.381. The number of ether oxygens (including phenoxy) is 2. The van der Waals surface area contributed by atoms with Crippen molar-refractivity contribution in [2.24, 2.45) is 0 Å². The summed E-state index contributed by atoms with van der Waals surface area (Å²) in [5.41, 5.74) is -1.65. The van der Waals surface area contributed by atoms with Gasteiger partial charge in [-0.1, -0.05) is 23.7 Å². The average Bonchev–Trinajstić information content (AvgIpc) is 3.41. The molecular formula is C29H34ClN5O8. The number of amides is 3. The maximum absolute atomic E-state index is 13.6. The molecule has 1 aromatic heterocycles. The van der Waals surface area contributed by atoms with E-state index in [9.17, 15) is 24.0 Å². The van der Waals surface area contributed by atoms with E-state index in [-0.39, 0.29) is 28.5 Å². The van der Waals surface area contributed by atoms with Crippen LogP contribution in [0.25, 0.3) is 10.9 Å². The molecular weight excluding hydrogens is 582 g/mol. The molecule has 3 amide bonds. The minimum atomic E-state index is -0.836. The molecule has 1 aliphatic heterocycles. The number of benzene rings is 2. The number of anilines is 1. The molecule has 1 saturated heterocycles. The largest absolute Gasteiger partial charge is 0.495 e. The molecule has 0 aliphatic carbocycles. The third-order valence-corrected chi connectivity index (χ3v) is 7.06. The highest BCUT2D eigenvalue weighted by atomic mass is 35.5. The smallest absolute Gasteiger partial charge is 0.407 e. The van der Waals surface area contributed by atoms with Crippen LogP contribution in [-0.4, -0.2) is 70.9 Å². The fourth-order valence-electron chi connectivity index (χ4n) is 4.81. The van der Waals surface area contributed by atoms with Gasteiger partial charge in [0.05, 0.1) is 41.9 Å². The fraction of sp³-hybridized carbons (Fsp3) is 0.414. The van der Waals surface area contributed by atoms with Crippen molar-refractivity contribution in [2.75, 3.05) is 32.4 Å². The maximum atomic E-state index is 13.6. The predicted molar refractivity (Wildman–Crippen MR) is 159 cm³/mol. The number of hydroxylamine groups is 1. The minimum absolute atomic E-state index is 0.157. The third kappa shape index (κ3) is 7.17. The standard InChI is InChI=1S/C29H34ClN5O8/c1-29(2,3)43-27(39)31-18-12-13-32(15-18)24(36)16-34-26(38)20-8-6-7-9-22(20)33(28(34)40)17-25(37)35(42-5)19-10-11-23(41-4)21(30)14-19/h6-11,14,18H,12-13,15-17H2,1-5H3,(H,31,39). The van der Waals surface area contributed by atoms with Crippen molar-refractivity contribution in [3.63, 3.8) is 0 Å². The SMILES string of the molecule is COc1ccc(N(OC)C(=O)Cn2c(=O)n(CC(=O)N3CCC(NC(=O)OC(C)(C)C)C3)c(=O)c3ccccc32)cc1Cl. The molecule has 2 heterocycles. The number of likely N-dealkylation sites (tertiary alicyclic amines) is 1. The van der Waals surface area contributed by atoms with Crippen LogP contribution in [0.3, 0.4) is 0 Å². The summed E-state index contributed by atoms with van der Waals surface area (Å²) in [6, 6.07) is 10.6. The number of alkyl carbamates (subject to hydrolysis) is 1. The zero-order valence-corrected chi connectivity index (χ0v) is 25.3. The van der Waals surface area contributed by atoms with E-state index in [0.717, 1.165) is 14.2 Å². The first-order valence-corrected chi connectivity index (χ1v) is 13.9. The number of methoxy groups -OCH3 is 1. The van der Waals surface area contributed by atoms with Crippen LogP contribution in [0.5, 0.6) is 5.75 Å². The Balaban J connectivity index is 1.58. The highest BCUT2D eigenvalue weighted by Crippen LogP contribution is 2.29. The van der Waals surface area contributed by atoms with Gasteiger partial charge in [0.15, 0.2) is 0 Å². The molecule has 0 bridgehead atoms. The summed E-state index contributed by atoms with van der Waals surface area (Å²) >= 11 is 6.22. The van der Waals surface area contributed by atoms with Gasteiger partial charge in [-0.05, 0) is 57.5 Å². The first-order valence-electron chi connectivity index (χ1n) is 13.5. The molecule has 1 unspecified atom stereocenters. The highest BCUT2D eigenvalue weighted by Gasteiger charge is 2.30.